The largest absolute Gasteiger partial charge is 0.357 e. The molecule has 2 aromatic heterocycles. The molecule has 3 heterocycles. The minimum absolute atomic E-state index is 0.0108. The third kappa shape index (κ3) is 4.03. The van der Waals surface area contributed by atoms with E-state index in [1.165, 1.54) is 19.3 Å². The van der Waals surface area contributed by atoms with Crippen molar-refractivity contribution < 1.29 is 4.79 Å². The van der Waals surface area contributed by atoms with Crippen LogP contribution in [0.25, 0.3) is 0 Å². The first-order valence-electron chi connectivity index (χ1n) is 9.76. The molecule has 27 heavy (non-hydrogen) atoms. The summed E-state index contributed by atoms with van der Waals surface area (Å²) in [6.45, 7) is 6.36. The highest BCUT2D eigenvalue weighted by Gasteiger charge is 2.31. The monoisotopic (exact) mass is 359 g/mol. The zero-order valence-corrected chi connectivity index (χ0v) is 16.1. The molecular weight excluding hydrogens is 334 g/mol. The molecule has 0 unspecified atom stereocenters. The van der Waals surface area contributed by atoms with E-state index in [0.29, 0.717) is 6.42 Å². The van der Waals surface area contributed by atoms with Crippen LogP contribution in [0.4, 0.5) is 5.82 Å². The van der Waals surface area contributed by atoms with Crippen LogP contribution < -0.4 is 4.90 Å². The number of piperidine rings is 1. The first-order valence-corrected chi connectivity index (χ1v) is 9.76. The number of fused-ring (bicyclic) bond motifs is 1. The normalized spacial score (nSPS) is 18.4. The smallest absolute Gasteiger partial charge is 0.165 e. The van der Waals surface area contributed by atoms with Gasteiger partial charge < -0.3 is 4.90 Å². The van der Waals surface area contributed by atoms with Crippen LogP contribution in [0.15, 0.2) is 30.5 Å². The molecule has 138 valence electrons. The Morgan fingerprint density at radius 2 is 1.89 bits per heavy atom. The Morgan fingerprint density at radius 3 is 2.70 bits per heavy atom. The summed E-state index contributed by atoms with van der Waals surface area (Å²) < 4.78 is 0. The lowest BCUT2D eigenvalue weighted by atomic mass is 9.75. The van der Waals surface area contributed by atoms with E-state index in [1.54, 1.807) is 6.20 Å². The van der Waals surface area contributed by atoms with Gasteiger partial charge in [-0.15, -0.1) is 0 Å². The lowest BCUT2D eigenvalue weighted by Gasteiger charge is -2.29. The minimum atomic E-state index is -0.0108. The Hall–Kier alpha value is -2.67. The average molecular weight is 359 g/mol. The summed E-state index contributed by atoms with van der Waals surface area (Å²) >= 11 is 0. The maximum Gasteiger partial charge on any atom is 0.165 e. The predicted molar refractivity (Wildman–Crippen MR) is 107 cm³/mol. The van der Waals surface area contributed by atoms with E-state index >= 15 is 0 Å². The van der Waals surface area contributed by atoms with Crippen molar-refractivity contribution in [1.29, 1.82) is 0 Å². The second kappa shape index (κ2) is 7.15. The van der Waals surface area contributed by atoms with E-state index in [-0.39, 0.29) is 11.2 Å². The van der Waals surface area contributed by atoms with Gasteiger partial charge in [0.15, 0.2) is 5.78 Å². The molecule has 1 aliphatic carbocycles. The summed E-state index contributed by atoms with van der Waals surface area (Å²) in [5.41, 5.74) is 3.14. The highest BCUT2D eigenvalue weighted by molar-refractivity contribution is 5.98. The second-order valence-corrected chi connectivity index (χ2v) is 8.34. The number of nitrogens with zero attached hydrogens (tertiary/aromatic N) is 3. The van der Waals surface area contributed by atoms with Crippen LogP contribution in [0.1, 0.15) is 66.8 Å². The zero-order valence-electron chi connectivity index (χ0n) is 16.1. The molecule has 0 N–H and O–H groups in total. The van der Waals surface area contributed by atoms with E-state index in [1.807, 2.05) is 18.2 Å². The molecule has 4 heteroatoms. The van der Waals surface area contributed by atoms with E-state index in [9.17, 15) is 4.79 Å². The number of aromatic nitrogens is 2. The number of carbonyl (C=O) groups excluding carboxylic acids is 1. The van der Waals surface area contributed by atoms with Crippen molar-refractivity contribution in [2.45, 2.75) is 46.0 Å². The predicted octanol–water partition coefficient (Wildman–Crippen LogP) is 4.02. The maximum absolute atomic E-state index is 12.4. The molecule has 0 saturated carbocycles. The molecule has 0 spiro atoms. The Bertz CT molecular complexity index is 930. The van der Waals surface area contributed by atoms with Gasteiger partial charge in [0.2, 0.25) is 0 Å². The summed E-state index contributed by atoms with van der Waals surface area (Å²) in [6.07, 6.45) is 6.93. The van der Waals surface area contributed by atoms with E-state index < -0.39 is 0 Å². The highest BCUT2D eigenvalue weighted by atomic mass is 16.1. The van der Waals surface area contributed by atoms with Gasteiger partial charge in [-0.1, -0.05) is 25.8 Å². The van der Waals surface area contributed by atoms with Crippen molar-refractivity contribution >= 4 is 11.6 Å². The summed E-state index contributed by atoms with van der Waals surface area (Å²) in [4.78, 5) is 24.0. The van der Waals surface area contributed by atoms with E-state index in [0.717, 1.165) is 47.8 Å². The molecule has 0 aromatic carbocycles. The van der Waals surface area contributed by atoms with Crippen LogP contribution in [-0.4, -0.2) is 28.8 Å². The number of hydrogen-bond acceptors (Lipinski definition) is 4. The van der Waals surface area contributed by atoms with Crippen molar-refractivity contribution in [3.8, 4) is 11.8 Å². The first kappa shape index (κ1) is 17.7. The Labute approximate surface area is 161 Å². The number of rotatable bonds is 1. The highest BCUT2D eigenvalue weighted by Crippen LogP contribution is 2.33. The lowest BCUT2D eigenvalue weighted by Crippen LogP contribution is -2.30. The fourth-order valence-corrected chi connectivity index (χ4v) is 3.92. The third-order valence-electron chi connectivity index (χ3n) is 5.31. The van der Waals surface area contributed by atoms with Crippen LogP contribution in [0.2, 0.25) is 0 Å². The van der Waals surface area contributed by atoms with Crippen molar-refractivity contribution in [1.82, 2.24) is 9.97 Å². The SMILES string of the molecule is CC1(C)CC(=O)c2cc(C#Cc3cccc(N4CCCCC4)n3)cnc2C1. The van der Waals surface area contributed by atoms with Gasteiger partial charge in [-0.2, -0.15) is 0 Å². The summed E-state index contributed by atoms with van der Waals surface area (Å²) in [6, 6.07) is 7.89. The van der Waals surface area contributed by atoms with Crippen LogP contribution in [0.3, 0.4) is 0 Å². The van der Waals surface area contributed by atoms with Crippen LogP contribution in [0.5, 0.6) is 0 Å². The molecule has 1 fully saturated rings. The average Bonchev–Trinajstić information content (AvgIpc) is 2.67. The molecule has 0 amide bonds. The number of carbonyl (C=O) groups is 1. The molecule has 4 nitrogen and oxygen atoms in total. The number of hydrogen-bond donors (Lipinski definition) is 0. The van der Waals surface area contributed by atoms with Crippen molar-refractivity contribution in [2.24, 2.45) is 5.41 Å². The lowest BCUT2D eigenvalue weighted by molar-refractivity contribution is 0.0910. The summed E-state index contributed by atoms with van der Waals surface area (Å²) in [5, 5.41) is 0. The first-order chi connectivity index (χ1) is 13.0. The molecule has 4 rings (SSSR count). The van der Waals surface area contributed by atoms with Gasteiger partial charge in [-0.25, -0.2) is 4.98 Å². The minimum Gasteiger partial charge on any atom is -0.357 e. The van der Waals surface area contributed by atoms with Gasteiger partial charge in [0.05, 0.1) is 5.69 Å². The maximum atomic E-state index is 12.4. The Morgan fingerprint density at radius 1 is 1.07 bits per heavy atom. The van der Waals surface area contributed by atoms with E-state index in [4.69, 9.17) is 4.98 Å². The van der Waals surface area contributed by atoms with Gasteiger partial charge in [-0.3, -0.25) is 9.78 Å². The number of pyridine rings is 2. The number of anilines is 1. The topological polar surface area (TPSA) is 46.1 Å². The fourth-order valence-electron chi connectivity index (χ4n) is 3.92. The quantitative estimate of drug-likeness (QED) is 0.722. The standard InChI is InChI=1S/C23H25N3O/c1-23(2)14-20-19(21(27)15-23)13-17(16-24-20)9-10-18-7-6-8-22(25-18)26-11-4-3-5-12-26/h6-8,13,16H,3-5,11-12,14-15H2,1-2H3. The van der Waals surface area contributed by atoms with Crippen molar-refractivity contribution in [3.63, 3.8) is 0 Å². The Kier molecular flexibility index (Phi) is 4.70. The van der Waals surface area contributed by atoms with E-state index in [2.05, 4.69) is 41.6 Å². The second-order valence-electron chi connectivity index (χ2n) is 8.34. The molecule has 0 bridgehead atoms. The fraction of sp³-hybridized carbons (Fsp3) is 0.435. The van der Waals surface area contributed by atoms with Gasteiger partial charge in [-0.05, 0) is 55.2 Å². The molecule has 0 atom stereocenters. The van der Waals surface area contributed by atoms with Crippen LogP contribution in [0, 0.1) is 17.3 Å². The molecule has 2 aliphatic rings. The summed E-state index contributed by atoms with van der Waals surface area (Å²) in [5.74, 6) is 7.45. The molecule has 2 aromatic rings. The van der Waals surface area contributed by atoms with Crippen molar-refractivity contribution in [3.05, 3.63) is 53.0 Å². The van der Waals surface area contributed by atoms with Crippen LogP contribution >= 0.6 is 0 Å². The number of Topliss-reactive ketones (excluding diaryl/α,β-unsaturated/α-hetero) is 1. The summed E-state index contributed by atoms with van der Waals surface area (Å²) in [7, 11) is 0. The third-order valence-corrected chi connectivity index (χ3v) is 5.31. The van der Waals surface area contributed by atoms with Gasteiger partial charge >= 0.3 is 0 Å². The zero-order chi connectivity index (χ0) is 18.9. The molecule has 1 aliphatic heterocycles. The van der Waals surface area contributed by atoms with Gasteiger partial charge in [0.25, 0.3) is 0 Å². The number of ketones is 1. The van der Waals surface area contributed by atoms with Crippen molar-refractivity contribution in [2.75, 3.05) is 18.0 Å². The Balaban J connectivity index is 1.57. The van der Waals surface area contributed by atoms with Crippen LogP contribution in [-0.2, 0) is 6.42 Å². The molecule has 0 radical (unpaired) electrons. The molecule has 1 saturated heterocycles. The molecular formula is C23H25N3O. The van der Waals surface area contributed by atoms with Gasteiger partial charge in [0, 0.05) is 36.8 Å². The van der Waals surface area contributed by atoms with Gasteiger partial charge in [0.1, 0.15) is 11.5 Å².